The lowest BCUT2D eigenvalue weighted by Gasteiger charge is -2.22. The Morgan fingerprint density at radius 1 is 0.649 bits per heavy atom. The van der Waals surface area contributed by atoms with Crippen LogP contribution < -0.4 is 5.32 Å². The first-order valence-electron chi connectivity index (χ1n) is 11.5. The number of benzene rings is 5. The highest BCUT2D eigenvalue weighted by Gasteiger charge is 2.33. The molecule has 0 bridgehead atoms. The molecule has 1 N–H and O–H groups in total. The molecule has 0 unspecified atom stereocenters. The van der Waals surface area contributed by atoms with E-state index < -0.39 is 4.92 Å². The van der Waals surface area contributed by atoms with Gasteiger partial charge in [-0.2, -0.15) is 0 Å². The van der Waals surface area contributed by atoms with Crippen molar-refractivity contribution in [3.63, 3.8) is 0 Å². The molecule has 0 aliphatic heterocycles. The predicted molar refractivity (Wildman–Crippen MR) is 144 cm³/mol. The topological polar surface area (TPSA) is 89.3 Å². The van der Waals surface area contributed by atoms with Crippen LogP contribution in [0.2, 0.25) is 0 Å². The number of nitro benzene ring substituents is 1. The van der Waals surface area contributed by atoms with E-state index in [-0.39, 0.29) is 17.3 Å². The Kier molecular flexibility index (Phi) is 5.54. The molecule has 0 atom stereocenters. The highest BCUT2D eigenvalue weighted by atomic mass is 32.2. The van der Waals surface area contributed by atoms with E-state index in [4.69, 9.17) is 0 Å². The third-order valence-electron chi connectivity index (χ3n) is 6.36. The number of nitro groups is 1. The molecule has 1 aliphatic carbocycles. The van der Waals surface area contributed by atoms with Crippen LogP contribution in [0.15, 0.2) is 113 Å². The van der Waals surface area contributed by atoms with Gasteiger partial charge in [0, 0.05) is 44.3 Å². The second-order valence-corrected chi connectivity index (χ2v) is 9.66. The molecule has 7 heteroatoms. The largest absolute Gasteiger partial charge is 0.355 e. The molecule has 0 fully saturated rings. The van der Waals surface area contributed by atoms with Gasteiger partial charge in [-0.15, -0.1) is 0 Å². The highest BCUT2D eigenvalue weighted by Crippen LogP contribution is 2.41. The molecule has 5 aromatic rings. The van der Waals surface area contributed by atoms with Gasteiger partial charge in [-0.3, -0.25) is 19.7 Å². The van der Waals surface area contributed by atoms with Crippen molar-refractivity contribution in [2.24, 2.45) is 0 Å². The molecule has 5 aromatic carbocycles. The van der Waals surface area contributed by atoms with E-state index in [2.05, 4.69) is 5.32 Å². The number of fused-ring (bicyclic) bond motifs is 3. The van der Waals surface area contributed by atoms with Crippen molar-refractivity contribution in [3.8, 4) is 0 Å². The third-order valence-corrected chi connectivity index (χ3v) is 7.50. The molecule has 0 saturated heterocycles. The van der Waals surface area contributed by atoms with E-state index in [0.717, 1.165) is 20.6 Å². The summed E-state index contributed by atoms with van der Waals surface area (Å²) >= 11 is 1.48. The van der Waals surface area contributed by atoms with Crippen molar-refractivity contribution >= 4 is 51.2 Å². The Bertz CT molecular complexity index is 1740. The number of hydrogen-bond donors (Lipinski definition) is 1. The van der Waals surface area contributed by atoms with Crippen LogP contribution in [-0.2, 0) is 0 Å². The Hall–Kier alpha value is -4.75. The zero-order valence-electron chi connectivity index (χ0n) is 19.3. The summed E-state index contributed by atoms with van der Waals surface area (Å²) in [6, 6.07) is 30.5. The molecule has 6 nitrogen and oxygen atoms in total. The summed E-state index contributed by atoms with van der Waals surface area (Å²) in [5, 5.41) is 16.3. The van der Waals surface area contributed by atoms with Crippen LogP contribution in [0.1, 0.15) is 31.8 Å². The molecule has 0 radical (unpaired) electrons. The van der Waals surface area contributed by atoms with Gasteiger partial charge in [0.25, 0.3) is 5.69 Å². The average Bonchev–Trinajstić information content (AvgIpc) is 2.92. The fourth-order valence-electron chi connectivity index (χ4n) is 4.62. The lowest BCUT2D eigenvalue weighted by Crippen LogP contribution is -2.23. The molecule has 6 rings (SSSR count). The van der Waals surface area contributed by atoms with Crippen LogP contribution in [-0.4, -0.2) is 16.5 Å². The molecular weight excluding hydrogens is 484 g/mol. The summed E-state index contributed by atoms with van der Waals surface area (Å²) in [6.45, 7) is 0. The number of carbonyl (C=O) groups is 2. The Labute approximate surface area is 216 Å². The quantitative estimate of drug-likeness (QED) is 0.195. The minimum Gasteiger partial charge on any atom is -0.355 e. The number of rotatable bonds is 5. The minimum absolute atomic E-state index is 0.0305. The molecule has 0 heterocycles. The number of carbonyl (C=O) groups excluding carboxylic acids is 2. The zero-order chi connectivity index (χ0) is 25.5. The van der Waals surface area contributed by atoms with Crippen LogP contribution in [0.4, 0.5) is 17.1 Å². The molecular formula is C30H18N2O4S. The molecule has 37 heavy (non-hydrogen) atoms. The number of nitrogens with one attached hydrogen (secondary N) is 1. The monoisotopic (exact) mass is 502 g/mol. The van der Waals surface area contributed by atoms with E-state index in [1.165, 1.54) is 23.9 Å². The van der Waals surface area contributed by atoms with E-state index in [1.54, 1.807) is 42.5 Å². The van der Waals surface area contributed by atoms with Crippen LogP contribution in [0.3, 0.4) is 0 Å². The molecule has 0 amide bonds. The third kappa shape index (κ3) is 3.95. The SMILES string of the molecule is O=C1c2cccc(Sc3cccc4ccccc34)c2C(=O)c2cccc(Nc3ccc([N+](=O)[O-])cc3)c21. The van der Waals surface area contributed by atoms with E-state index in [0.29, 0.717) is 33.6 Å². The number of nitrogens with zero attached hydrogens (tertiary/aromatic N) is 1. The predicted octanol–water partition coefficient (Wildman–Crippen LogP) is 7.42. The summed E-state index contributed by atoms with van der Waals surface area (Å²) < 4.78 is 0. The first-order chi connectivity index (χ1) is 18.0. The van der Waals surface area contributed by atoms with Crippen molar-refractivity contribution in [3.05, 3.63) is 135 Å². The maximum absolute atomic E-state index is 13.8. The summed E-state index contributed by atoms with van der Waals surface area (Å²) in [4.78, 5) is 39.7. The second-order valence-electron chi connectivity index (χ2n) is 8.57. The van der Waals surface area contributed by atoms with Crippen LogP contribution in [0.5, 0.6) is 0 Å². The fraction of sp³-hybridized carbons (Fsp3) is 0. The van der Waals surface area contributed by atoms with Crippen molar-refractivity contribution in [2.45, 2.75) is 9.79 Å². The summed E-state index contributed by atoms with van der Waals surface area (Å²) in [5.41, 5.74) is 2.41. The summed E-state index contributed by atoms with van der Waals surface area (Å²) in [5.74, 6) is -0.449. The summed E-state index contributed by atoms with van der Waals surface area (Å²) in [7, 11) is 0. The fourth-order valence-corrected chi connectivity index (χ4v) is 5.76. The van der Waals surface area contributed by atoms with E-state index in [9.17, 15) is 19.7 Å². The Morgan fingerprint density at radius 2 is 1.27 bits per heavy atom. The standard InChI is InChI=1S/C30H18N2O4S/c33-29-23-10-5-13-26(37-25-12-3-7-18-6-1-2-8-21(18)25)28(23)30(34)22-9-4-11-24(27(22)29)31-19-14-16-20(17-15-19)32(35)36/h1-17,31H. The van der Waals surface area contributed by atoms with Gasteiger partial charge in [0.2, 0.25) is 0 Å². The molecule has 1 aliphatic rings. The van der Waals surface area contributed by atoms with E-state index >= 15 is 0 Å². The second kappa shape index (κ2) is 9.04. The molecule has 0 spiro atoms. The van der Waals surface area contributed by atoms with Crippen molar-refractivity contribution < 1.29 is 14.5 Å². The lowest BCUT2D eigenvalue weighted by molar-refractivity contribution is -0.384. The van der Waals surface area contributed by atoms with Gasteiger partial charge >= 0.3 is 0 Å². The minimum atomic E-state index is -0.471. The average molecular weight is 503 g/mol. The first-order valence-corrected chi connectivity index (χ1v) is 12.4. The Balaban J connectivity index is 1.40. The van der Waals surface area contributed by atoms with Gasteiger partial charge in [-0.05, 0) is 41.1 Å². The van der Waals surface area contributed by atoms with E-state index in [1.807, 2.05) is 48.5 Å². The number of non-ortho nitro benzene ring substituents is 1. The molecule has 0 saturated carbocycles. The molecule has 0 aromatic heterocycles. The maximum atomic E-state index is 13.8. The number of ketones is 2. The normalized spacial score (nSPS) is 12.2. The smallest absolute Gasteiger partial charge is 0.269 e. The molecule has 178 valence electrons. The van der Waals surface area contributed by atoms with Crippen LogP contribution in [0, 0.1) is 10.1 Å². The number of hydrogen-bond acceptors (Lipinski definition) is 6. The first kappa shape index (κ1) is 22.7. The van der Waals surface area contributed by atoms with Crippen molar-refractivity contribution in [1.29, 1.82) is 0 Å². The maximum Gasteiger partial charge on any atom is 0.269 e. The van der Waals surface area contributed by atoms with Crippen molar-refractivity contribution in [2.75, 3.05) is 5.32 Å². The van der Waals surface area contributed by atoms with Crippen molar-refractivity contribution in [1.82, 2.24) is 0 Å². The van der Waals surface area contributed by atoms with Gasteiger partial charge in [0.15, 0.2) is 11.6 Å². The van der Waals surface area contributed by atoms with Gasteiger partial charge in [-0.25, -0.2) is 0 Å². The van der Waals surface area contributed by atoms with Gasteiger partial charge in [0.1, 0.15) is 0 Å². The van der Waals surface area contributed by atoms with Gasteiger partial charge < -0.3 is 5.32 Å². The van der Waals surface area contributed by atoms with Crippen LogP contribution in [0.25, 0.3) is 10.8 Å². The van der Waals surface area contributed by atoms with Gasteiger partial charge in [-0.1, -0.05) is 72.4 Å². The number of anilines is 2. The van der Waals surface area contributed by atoms with Gasteiger partial charge in [0.05, 0.1) is 16.2 Å². The lowest BCUT2D eigenvalue weighted by atomic mass is 9.83. The summed E-state index contributed by atoms with van der Waals surface area (Å²) in [6.07, 6.45) is 0. The Morgan fingerprint density at radius 3 is 2.05 bits per heavy atom. The zero-order valence-corrected chi connectivity index (χ0v) is 20.1. The highest BCUT2D eigenvalue weighted by molar-refractivity contribution is 7.99. The van der Waals surface area contributed by atoms with Crippen LogP contribution >= 0.6 is 11.8 Å².